The van der Waals surface area contributed by atoms with Crippen molar-refractivity contribution in [3.63, 3.8) is 0 Å². The second-order valence-corrected chi connectivity index (χ2v) is 10.00. The number of nitrogens with zero attached hydrogens (tertiary/aromatic N) is 2. The van der Waals surface area contributed by atoms with Gasteiger partial charge in [0.05, 0.1) is 29.1 Å². The summed E-state index contributed by atoms with van der Waals surface area (Å²) in [6.07, 6.45) is 1.35. The molecule has 8 nitrogen and oxygen atoms in total. The van der Waals surface area contributed by atoms with E-state index in [1.54, 1.807) is 49.4 Å². The number of hydrogen-bond acceptors (Lipinski definition) is 5. The van der Waals surface area contributed by atoms with Crippen molar-refractivity contribution >= 4 is 50.7 Å². The van der Waals surface area contributed by atoms with Crippen LogP contribution in [-0.4, -0.2) is 58.1 Å². The lowest BCUT2D eigenvalue weighted by atomic mass is 10.1. The highest BCUT2D eigenvalue weighted by molar-refractivity contribution is 7.92. The molecule has 0 unspecified atom stereocenters. The third-order valence-corrected chi connectivity index (χ3v) is 6.89. The van der Waals surface area contributed by atoms with E-state index in [2.05, 4.69) is 5.32 Å². The summed E-state index contributed by atoms with van der Waals surface area (Å²) < 4.78 is 31.2. The maximum atomic E-state index is 13.4. The van der Waals surface area contributed by atoms with Crippen molar-refractivity contribution in [3.05, 3.63) is 58.1 Å². The summed E-state index contributed by atoms with van der Waals surface area (Å²) in [4.78, 5) is 27.3. The van der Waals surface area contributed by atoms with Gasteiger partial charge in [0.1, 0.15) is 18.3 Å². The lowest BCUT2D eigenvalue weighted by Gasteiger charge is -2.32. The number of nitrogens with one attached hydrogen (secondary N) is 1. The van der Waals surface area contributed by atoms with E-state index in [4.69, 9.17) is 27.9 Å². The summed E-state index contributed by atoms with van der Waals surface area (Å²) in [5.74, 6) is -0.357. The van der Waals surface area contributed by atoms with Gasteiger partial charge in [-0.3, -0.25) is 13.9 Å². The molecule has 0 heterocycles. The molecule has 1 N–H and O–H groups in total. The number of rotatable bonds is 10. The van der Waals surface area contributed by atoms with Gasteiger partial charge in [0, 0.05) is 13.6 Å². The van der Waals surface area contributed by atoms with Gasteiger partial charge in [0.2, 0.25) is 21.8 Å². The van der Waals surface area contributed by atoms with E-state index in [0.29, 0.717) is 33.5 Å². The Morgan fingerprint density at radius 3 is 2.21 bits per heavy atom. The fraction of sp³-hybridized carbons (Fsp3) is 0.364. The molecule has 0 aromatic heterocycles. The number of halogens is 2. The van der Waals surface area contributed by atoms with Crippen LogP contribution >= 0.6 is 23.2 Å². The second kappa shape index (κ2) is 11.6. The van der Waals surface area contributed by atoms with Crippen LogP contribution in [0.2, 0.25) is 10.0 Å². The molecule has 0 radical (unpaired) electrons. The highest BCUT2D eigenvalue weighted by Crippen LogP contribution is 2.25. The Morgan fingerprint density at radius 2 is 1.73 bits per heavy atom. The van der Waals surface area contributed by atoms with Crippen molar-refractivity contribution in [1.29, 1.82) is 0 Å². The Morgan fingerprint density at radius 1 is 1.09 bits per heavy atom. The number of hydrogen-bond donors (Lipinski definition) is 1. The van der Waals surface area contributed by atoms with Gasteiger partial charge in [-0.1, -0.05) is 36.2 Å². The van der Waals surface area contributed by atoms with E-state index in [1.165, 1.54) is 19.1 Å². The summed E-state index contributed by atoms with van der Waals surface area (Å²) in [7, 11) is -0.827. The molecule has 0 aliphatic heterocycles. The van der Waals surface area contributed by atoms with Crippen molar-refractivity contribution in [2.45, 2.75) is 25.9 Å². The van der Waals surface area contributed by atoms with Crippen molar-refractivity contribution in [2.24, 2.45) is 0 Å². The number of anilines is 1. The van der Waals surface area contributed by atoms with Crippen LogP contribution in [0.5, 0.6) is 5.75 Å². The maximum absolute atomic E-state index is 13.4. The molecule has 11 heteroatoms. The Kier molecular flexibility index (Phi) is 9.39. The lowest BCUT2D eigenvalue weighted by Crippen LogP contribution is -2.51. The van der Waals surface area contributed by atoms with Crippen LogP contribution in [0.15, 0.2) is 42.5 Å². The molecule has 0 aliphatic rings. The maximum Gasteiger partial charge on any atom is 0.244 e. The molecule has 2 aromatic carbocycles. The SMILES string of the molecule is CC[C@@H](C(=O)NC)N(Cc1ccc(Cl)c(Cl)c1)C(=O)CN(c1ccc(OC)cc1)S(C)(=O)=O. The number of amides is 2. The molecular weight excluding hydrogens is 489 g/mol. The van der Waals surface area contributed by atoms with Crippen molar-refractivity contribution in [3.8, 4) is 5.75 Å². The third kappa shape index (κ3) is 6.99. The quantitative estimate of drug-likeness (QED) is 0.523. The van der Waals surface area contributed by atoms with E-state index in [0.717, 1.165) is 10.6 Å². The van der Waals surface area contributed by atoms with Crippen LogP contribution in [0.1, 0.15) is 18.9 Å². The van der Waals surface area contributed by atoms with Gasteiger partial charge in [-0.2, -0.15) is 0 Å². The molecule has 1 atom stereocenters. The van der Waals surface area contributed by atoms with Crippen LogP contribution in [0.25, 0.3) is 0 Å². The van der Waals surface area contributed by atoms with Crippen molar-refractivity contribution in [1.82, 2.24) is 10.2 Å². The Balaban J connectivity index is 2.43. The monoisotopic (exact) mass is 515 g/mol. The summed E-state index contributed by atoms with van der Waals surface area (Å²) >= 11 is 12.1. The summed E-state index contributed by atoms with van der Waals surface area (Å²) in [6.45, 7) is 1.33. The molecule has 0 saturated heterocycles. The molecular formula is C22H27Cl2N3O5S. The van der Waals surface area contributed by atoms with E-state index < -0.39 is 28.5 Å². The van der Waals surface area contributed by atoms with E-state index in [9.17, 15) is 18.0 Å². The van der Waals surface area contributed by atoms with Gasteiger partial charge < -0.3 is 15.0 Å². The number of benzene rings is 2. The van der Waals surface area contributed by atoms with Crippen LogP contribution in [0.4, 0.5) is 5.69 Å². The zero-order valence-electron chi connectivity index (χ0n) is 18.8. The first-order valence-corrected chi connectivity index (χ1v) is 12.7. The Labute approximate surface area is 204 Å². The fourth-order valence-electron chi connectivity index (χ4n) is 3.28. The second-order valence-electron chi connectivity index (χ2n) is 7.28. The summed E-state index contributed by atoms with van der Waals surface area (Å²) in [5, 5.41) is 3.23. The summed E-state index contributed by atoms with van der Waals surface area (Å²) in [6, 6.07) is 10.4. The molecule has 2 rings (SSSR count). The summed E-state index contributed by atoms with van der Waals surface area (Å²) in [5.41, 5.74) is 0.949. The standard InChI is InChI=1S/C22H27Cl2N3O5S/c1-5-20(22(29)25-2)26(13-15-6-11-18(23)19(24)12-15)21(28)14-27(33(4,30)31)16-7-9-17(32-3)10-8-16/h6-12,20H,5,13-14H2,1-4H3,(H,25,29)/t20-/m0/s1. The van der Waals surface area contributed by atoms with Gasteiger partial charge in [0.25, 0.3) is 0 Å². The van der Waals surface area contributed by atoms with Gasteiger partial charge in [0.15, 0.2) is 0 Å². The van der Waals surface area contributed by atoms with Crippen LogP contribution in [0, 0.1) is 0 Å². The van der Waals surface area contributed by atoms with E-state index in [1.807, 2.05) is 0 Å². The number of methoxy groups -OCH3 is 1. The van der Waals surface area contributed by atoms with Crippen molar-refractivity contribution < 1.29 is 22.7 Å². The minimum atomic E-state index is -3.80. The minimum Gasteiger partial charge on any atom is -0.497 e. The highest BCUT2D eigenvalue weighted by Gasteiger charge is 2.31. The van der Waals surface area contributed by atoms with Gasteiger partial charge in [-0.05, 0) is 48.4 Å². The number of sulfonamides is 1. The zero-order chi connectivity index (χ0) is 24.8. The van der Waals surface area contributed by atoms with E-state index >= 15 is 0 Å². The first-order valence-electron chi connectivity index (χ1n) is 10.1. The van der Waals surface area contributed by atoms with Crippen LogP contribution in [0.3, 0.4) is 0 Å². The van der Waals surface area contributed by atoms with E-state index in [-0.39, 0.29) is 12.5 Å². The van der Waals surface area contributed by atoms with Gasteiger partial charge >= 0.3 is 0 Å². The predicted molar refractivity (Wildman–Crippen MR) is 130 cm³/mol. The number of carbonyl (C=O) groups is 2. The Bertz CT molecular complexity index is 1090. The van der Waals surface area contributed by atoms with Crippen molar-refractivity contribution in [2.75, 3.05) is 31.3 Å². The zero-order valence-corrected chi connectivity index (χ0v) is 21.2. The number of likely N-dealkylation sites (N-methyl/N-ethyl adjacent to an activating group) is 1. The first kappa shape index (κ1) is 26.8. The molecule has 0 aliphatic carbocycles. The van der Waals surface area contributed by atoms with Gasteiger partial charge in [-0.25, -0.2) is 8.42 Å². The molecule has 180 valence electrons. The molecule has 0 fully saturated rings. The fourth-order valence-corrected chi connectivity index (χ4v) is 4.45. The molecule has 0 bridgehead atoms. The van der Waals surface area contributed by atoms with Crippen LogP contribution in [-0.2, 0) is 26.2 Å². The third-order valence-electron chi connectivity index (χ3n) is 5.01. The van der Waals surface area contributed by atoms with Gasteiger partial charge in [-0.15, -0.1) is 0 Å². The predicted octanol–water partition coefficient (Wildman–Crippen LogP) is 3.32. The normalized spacial score (nSPS) is 12.1. The Hall–Kier alpha value is -2.49. The average Bonchev–Trinajstić information content (AvgIpc) is 2.78. The lowest BCUT2D eigenvalue weighted by molar-refractivity contribution is -0.140. The molecule has 33 heavy (non-hydrogen) atoms. The molecule has 0 saturated carbocycles. The van der Waals surface area contributed by atoms with Crippen LogP contribution < -0.4 is 14.4 Å². The minimum absolute atomic E-state index is 0.0435. The molecule has 2 amide bonds. The smallest absolute Gasteiger partial charge is 0.244 e. The topological polar surface area (TPSA) is 96.0 Å². The first-order chi connectivity index (χ1) is 15.5. The molecule has 2 aromatic rings. The molecule has 0 spiro atoms. The average molecular weight is 516 g/mol. The number of ether oxygens (including phenoxy) is 1. The highest BCUT2D eigenvalue weighted by atomic mass is 35.5. The largest absolute Gasteiger partial charge is 0.497 e. The number of carbonyl (C=O) groups excluding carboxylic acids is 2.